The SMILES string of the molecule is C=CC(O)C(C)NC(=O)O. The number of carboxylic acid groups (broad SMARTS) is 1. The zero-order valence-electron chi connectivity index (χ0n) is 5.74. The lowest BCUT2D eigenvalue weighted by Crippen LogP contribution is -2.39. The first-order valence-corrected chi connectivity index (χ1v) is 2.88. The summed E-state index contributed by atoms with van der Waals surface area (Å²) in [5.74, 6) is 0. The first kappa shape index (κ1) is 8.97. The molecule has 0 aliphatic rings. The van der Waals surface area contributed by atoms with Crippen molar-refractivity contribution >= 4 is 6.09 Å². The van der Waals surface area contributed by atoms with E-state index in [1.807, 2.05) is 0 Å². The molecule has 0 rings (SSSR count). The third-order valence-electron chi connectivity index (χ3n) is 1.10. The monoisotopic (exact) mass is 145 g/mol. The smallest absolute Gasteiger partial charge is 0.404 e. The minimum atomic E-state index is -1.14. The summed E-state index contributed by atoms with van der Waals surface area (Å²) in [5, 5.41) is 19.2. The summed E-state index contributed by atoms with van der Waals surface area (Å²) in [7, 11) is 0. The van der Waals surface area contributed by atoms with Crippen LogP contribution in [-0.2, 0) is 0 Å². The molecule has 0 aromatic carbocycles. The molecular weight excluding hydrogens is 134 g/mol. The molecule has 0 aliphatic heterocycles. The summed E-state index contributed by atoms with van der Waals surface area (Å²) in [6, 6.07) is -0.505. The molecule has 0 aromatic heterocycles. The van der Waals surface area contributed by atoms with Gasteiger partial charge in [0.15, 0.2) is 0 Å². The van der Waals surface area contributed by atoms with Crippen LogP contribution in [0, 0.1) is 0 Å². The second kappa shape index (κ2) is 3.90. The molecule has 0 saturated carbocycles. The Morgan fingerprint density at radius 2 is 2.30 bits per heavy atom. The summed E-state index contributed by atoms with van der Waals surface area (Å²) in [6.07, 6.45) is -0.690. The summed E-state index contributed by atoms with van der Waals surface area (Å²) in [4.78, 5) is 9.97. The van der Waals surface area contributed by atoms with E-state index in [-0.39, 0.29) is 0 Å². The van der Waals surface area contributed by atoms with E-state index < -0.39 is 18.2 Å². The number of amides is 1. The Morgan fingerprint density at radius 1 is 1.80 bits per heavy atom. The van der Waals surface area contributed by atoms with E-state index in [9.17, 15) is 4.79 Å². The highest BCUT2D eigenvalue weighted by Crippen LogP contribution is 1.91. The lowest BCUT2D eigenvalue weighted by molar-refractivity contribution is 0.157. The number of nitrogens with one attached hydrogen (secondary N) is 1. The maximum absolute atomic E-state index is 9.97. The molecule has 1 amide bonds. The molecule has 0 aliphatic carbocycles. The van der Waals surface area contributed by atoms with E-state index in [4.69, 9.17) is 10.2 Å². The number of aliphatic hydroxyl groups excluding tert-OH is 1. The Balaban J connectivity index is 3.71. The fourth-order valence-electron chi connectivity index (χ4n) is 0.484. The van der Waals surface area contributed by atoms with Crippen LogP contribution in [0.2, 0.25) is 0 Å². The molecule has 0 fully saturated rings. The Labute approximate surface area is 59.2 Å². The second-order valence-corrected chi connectivity index (χ2v) is 1.96. The van der Waals surface area contributed by atoms with Gasteiger partial charge in [-0.2, -0.15) is 0 Å². The van der Waals surface area contributed by atoms with Crippen molar-refractivity contribution in [3.05, 3.63) is 12.7 Å². The summed E-state index contributed by atoms with van der Waals surface area (Å²) < 4.78 is 0. The van der Waals surface area contributed by atoms with Gasteiger partial charge in [0.1, 0.15) is 0 Å². The third-order valence-corrected chi connectivity index (χ3v) is 1.10. The quantitative estimate of drug-likeness (QED) is 0.496. The molecule has 4 nitrogen and oxygen atoms in total. The molecule has 0 saturated heterocycles. The van der Waals surface area contributed by atoms with Crippen LogP contribution in [0.4, 0.5) is 4.79 Å². The van der Waals surface area contributed by atoms with Crippen molar-refractivity contribution in [2.24, 2.45) is 0 Å². The Morgan fingerprint density at radius 3 is 2.60 bits per heavy atom. The van der Waals surface area contributed by atoms with Crippen molar-refractivity contribution in [3.8, 4) is 0 Å². The van der Waals surface area contributed by atoms with Crippen molar-refractivity contribution in [3.63, 3.8) is 0 Å². The number of hydrogen-bond donors (Lipinski definition) is 3. The Kier molecular flexibility index (Phi) is 3.49. The molecule has 4 heteroatoms. The topological polar surface area (TPSA) is 69.6 Å². The lowest BCUT2D eigenvalue weighted by atomic mass is 10.2. The first-order valence-electron chi connectivity index (χ1n) is 2.88. The van der Waals surface area contributed by atoms with Gasteiger partial charge in [-0.25, -0.2) is 4.79 Å². The van der Waals surface area contributed by atoms with Gasteiger partial charge < -0.3 is 15.5 Å². The van der Waals surface area contributed by atoms with Crippen LogP contribution in [0.1, 0.15) is 6.92 Å². The highest BCUT2D eigenvalue weighted by Gasteiger charge is 2.11. The fraction of sp³-hybridized carbons (Fsp3) is 0.500. The van der Waals surface area contributed by atoms with Crippen molar-refractivity contribution in [1.29, 1.82) is 0 Å². The predicted octanol–water partition coefficient (Wildman–Crippen LogP) is 0.189. The van der Waals surface area contributed by atoms with Crippen molar-refractivity contribution in [2.75, 3.05) is 0 Å². The highest BCUT2D eigenvalue weighted by atomic mass is 16.4. The van der Waals surface area contributed by atoms with Gasteiger partial charge in [0.25, 0.3) is 0 Å². The molecule has 0 bridgehead atoms. The molecule has 3 N–H and O–H groups in total. The van der Waals surface area contributed by atoms with E-state index >= 15 is 0 Å². The minimum Gasteiger partial charge on any atom is -0.465 e. The van der Waals surface area contributed by atoms with Crippen molar-refractivity contribution in [2.45, 2.75) is 19.1 Å². The van der Waals surface area contributed by atoms with Gasteiger partial charge in [-0.1, -0.05) is 6.08 Å². The summed E-state index contributed by atoms with van der Waals surface area (Å²) >= 11 is 0. The Bertz CT molecular complexity index is 135. The molecule has 58 valence electrons. The van der Waals surface area contributed by atoms with E-state index in [1.54, 1.807) is 6.92 Å². The number of rotatable bonds is 3. The van der Waals surface area contributed by atoms with Crippen LogP contribution in [0.5, 0.6) is 0 Å². The van der Waals surface area contributed by atoms with Crippen molar-refractivity contribution in [1.82, 2.24) is 5.32 Å². The average Bonchev–Trinajstić information content (AvgIpc) is 1.85. The van der Waals surface area contributed by atoms with Crippen LogP contribution in [0.15, 0.2) is 12.7 Å². The van der Waals surface area contributed by atoms with Crippen LogP contribution in [0.25, 0.3) is 0 Å². The van der Waals surface area contributed by atoms with E-state index in [0.29, 0.717) is 0 Å². The first-order chi connectivity index (χ1) is 4.57. The number of aliphatic hydroxyl groups is 1. The minimum absolute atomic E-state index is 0.505. The van der Waals surface area contributed by atoms with E-state index in [2.05, 4.69) is 11.9 Å². The highest BCUT2D eigenvalue weighted by molar-refractivity contribution is 5.64. The van der Waals surface area contributed by atoms with Gasteiger partial charge in [-0.05, 0) is 6.92 Å². The predicted molar refractivity (Wildman–Crippen MR) is 36.8 cm³/mol. The third kappa shape index (κ3) is 3.09. The van der Waals surface area contributed by atoms with Crippen LogP contribution in [-0.4, -0.2) is 28.5 Å². The molecule has 10 heavy (non-hydrogen) atoms. The van der Waals surface area contributed by atoms with Gasteiger partial charge in [-0.3, -0.25) is 0 Å². The normalized spacial score (nSPS) is 15.4. The van der Waals surface area contributed by atoms with Crippen LogP contribution < -0.4 is 5.32 Å². The maximum atomic E-state index is 9.97. The maximum Gasteiger partial charge on any atom is 0.404 e. The van der Waals surface area contributed by atoms with Crippen LogP contribution in [0.3, 0.4) is 0 Å². The molecule has 2 unspecified atom stereocenters. The fourth-order valence-corrected chi connectivity index (χ4v) is 0.484. The largest absolute Gasteiger partial charge is 0.465 e. The van der Waals surface area contributed by atoms with E-state index in [1.165, 1.54) is 6.08 Å². The molecule has 0 radical (unpaired) electrons. The van der Waals surface area contributed by atoms with Gasteiger partial charge in [-0.15, -0.1) is 6.58 Å². The standard InChI is InChI=1S/C6H11NO3/c1-3-5(8)4(2)7-6(9)10/h3-5,7-8H,1H2,2H3,(H,9,10). The zero-order valence-corrected chi connectivity index (χ0v) is 5.74. The second-order valence-electron chi connectivity index (χ2n) is 1.96. The average molecular weight is 145 g/mol. The molecule has 0 heterocycles. The summed E-state index contributed by atoms with van der Waals surface area (Å²) in [6.45, 7) is 4.86. The zero-order chi connectivity index (χ0) is 8.15. The van der Waals surface area contributed by atoms with Gasteiger partial charge in [0.05, 0.1) is 12.1 Å². The lowest BCUT2D eigenvalue weighted by Gasteiger charge is -2.14. The molecule has 0 spiro atoms. The number of hydrogen-bond acceptors (Lipinski definition) is 2. The molecule has 2 atom stereocenters. The van der Waals surface area contributed by atoms with E-state index in [0.717, 1.165) is 0 Å². The van der Waals surface area contributed by atoms with Gasteiger partial charge in [0.2, 0.25) is 0 Å². The van der Waals surface area contributed by atoms with Gasteiger partial charge in [0, 0.05) is 0 Å². The van der Waals surface area contributed by atoms with Gasteiger partial charge >= 0.3 is 6.09 Å². The molecule has 0 aromatic rings. The number of carbonyl (C=O) groups is 1. The summed E-state index contributed by atoms with van der Waals surface area (Å²) in [5.41, 5.74) is 0. The van der Waals surface area contributed by atoms with Crippen molar-refractivity contribution < 1.29 is 15.0 Å². The van der Waals surface area contributed by atoms with Crippen LogP contribution >= 0.6 is 0 Å². The molecular formula is C6H11NO3. The Hall–Kier alpha value is -1.03.